The third kappa shape index (κ3) is 2.63. The zero-order chi connectivity index (χ0) is 13.0. The first-order valence-corrected chi connectivity index (χ1v) is 5.45. The van der Waals surface area contributed by atoms with Crippen LogP contribution in [0.4, 0.5) is 0 Å². The Bertz CT molecular complexity index is 535. The topological polar surface area (TPSA) is 86.2 Å². The van der Waals surface area contributed by atoms with Crippen molar-refractivity contribution in [2.24, 2.45) is 5.73 Å². The van der Waals surface area contributed by atoms with E-state index in [-0.39, 0.29) is 18.1 Å². The van der Waals surface area contributed by atoms with Crippen LogP contribution in [0.3, 0.4) is 0 Å². The fraction of sp³-hybridized carbons (Fsp3) is 0.154. The molecule has 0 bridgehead atoms. The molecule has 1 aromatic carbocycles. The predicted octanol–water partition coefficient (Wildman–Crippen LogP) is 1.52. The highest BCUT2D eigenvalue weighted by Crippen LogP contribution is 2.23. The van der Waals surface area contributed by atoms with Crippen LogP contribution in [0.15, 0.2) is 47.2 Å². The lowest BCUT2D eigenvalue weighted by Crippen LogP contribution is -2.21. The molecule has 1 amide bonds. The minimum Gasteiger partial charge on any atom is -0.442 e. The summed E-state index contributed by atoms with van der Waals surface area (Å²) in [5.74, 6) is -1.54. The van der Waals surface area contributed by atoms with Gasteiger partial charge in [-0.05, 0) is 5.56 Å². The molecule has 2 rings (SSSR count). The Kier molecular flexibility index (Phi) is 3.52. The zero-order valence-corrected chi connectivity index (χ0v) is 9.58. The van der Waals surface area contributed by atoms with Gasteiger partial charge >= 0.3 is 0 Å². The maximum absolute atomic E-state index is 12.2. The van der Waals surface area contributed by atoms with Gasteiger partial charge in [-0.3, -0.25) is 9.59 Å². The molecule has 5 heteroatoms. The van der Waals surface area contributed by atoms with Crippen molar-refractivity contribution in [3.8, 4) is 0 Å². The van der Waals surface area contributed by atoms with E-state index in [1.165, 1.54) is 12.5 Å². The molecule has 92 valence electrons. The first kappa shape index (κ1) is 12.0. The van der Waals surface area contributed by atoms with E-state index in [0.717, 1.165) is 5.56 Å². The lowest BCUT2D eigenvalue weighted by atomic mass is 9.91. The van der Waals surface area contributed by atoms with Crippen LogP contribution in [0, 0.1) is 0 Å². The van der Waals surface area contributed by atoms with Gasteiger partial charge in [-0.2, -0.15) is 0 Å². The van der Waals surface area contributed by atoms with Gasteiger partial charge in [0.1, 0.15) is 6.26 Å². The van der Waals surface area contributed by atoms with Crippen molar-refractivity contribution < 1.29 is 14.0 Å². The van der Waals surface area contributed by atoms with Crippen molar-refractivity contribution in [3.63, 3.8) is 0 Å². The number of carbonyl (C=O) groups is 2. The Morgan fingerprint density at radius 2 is 2.00 bits per heavy atom. The van der Waals surface area contributed by atoms with Crippen molar-refractivity contribution in [3.05, 3.63) is 54.2 Å². The lowest BCUT2D eigenvalue weighted by molar-refractivity contribution is -0.118. The largest absolute Gasteiger partial charge is 0.442 e. The first-order valence-electron chi connectivity index (χ1n) is 5.45. The van der Waals surface area contributed by atoms with E-state index in [2.05, 4.69) is 4.98 Å². The molecule has 0 saturated heterocycles. The van der Waals surface area contributed by atoms with Crippen molar-refractivity contribution in [1.82, 2.24) is 4.98 Å². The molecule has 0 aliphatic rings. The smallest absolute Gasteiger partial charge is 0.263 e. The van der Waals surface area contributed by atoms with Gasteiger partial charge in [-0.25, -0.2) is 4.98 Å². The van der Waals surface area contributed by atoms with Crippen LogP contribution in [-0.2, 0) is 4.79 Å². The maximum Gasteiger partial charge on any atom is 0.263 e. The minimum absolute atomic E-state index is 0.00916. The number of aromatic nitrogens is 1. The third-order valence-corrected chi connectivity index (χ3v) is 2.57. The Balaban J connectivity index is 2.31. The molecular weight excluding hydrogens is 232 g/mol. The number of Topliss-reactive ketones (excluding diaryl/α,β-unsaturated/α-hetero) is 1. The van der Waals surface area contributed by atoms with Crippen molar-refractivity contribution in [2.45, 2.75) is 12.3 Å². The number of amides is 1. The summed E-state index contributed by atoms with van der Waals surface area (Å²) in [4.78, 5) is 27.1. The van der Waals surface area contributed by atoms with E-state index in [1.807, 2.05) is 6.07 Å². The number of carbonyl (C=O) groups excluding carboxylic acids is 2. The quantitative estimate of drug-likeness (QED) is 0.808. The third-order valence-electron chi connectivity index (χ3n) is 2.57. The number of primary amides is 1. The summed E-state index contributed by atoms with van der Waals surface area (Å²) in [6, 6.07) is 8.97. The number of hydrogen-bond acceptors (Lipinski definition) is 4. The number of nitrogens with zero attached hydrogens (tertiary/aromatic N) is 1. The Hall–Kier alpha value is -2.43. The summed E-state index contributed by atoms with van der Waals surface area (Å²) < 4.78 is 4.97. The monoisotopic (exact) mass is 244 g/mol. The van der Waals surface area contributed by atoms with E-state index >= 15 is 0 Å². The molecule has 0 saturated carbocycles. The molecule has 1 atom stereocenters. The van der Waals surface area contributed by atoms with Crippen LogP contribution >= 0.6 is 0 Å². The van der Waals surface area contributed by atoms with Gasteiger partial charge < -0.3 is 10.2 Å². The Labute approximate surface area is 104 Å². The second-order valence-electron chi connectivity index (χ2n) is 3.84. The fourth-order valence-electron chi connectivity index (χ4n) is 1.74. The van der Waals surface area contributed by atoms with Crippen molar-refractivity contribution in [1.29, 1.82) is 0 Å². The molecule has 2 N–H and O–H groups in total. The maximum atomic E-state index is 12.2. The molecule has 0 aliphatic carbocycles. The Morgan fingerprint density at radius 3 is 2.56 bits per heavy atom. The van der Waals surface area contributed by atoms with Crippen LogP contribution in [0.5, 0.6) is 0 Å². The van der Waals surface area contributed by atoms with E-state index in [9.17, 15) is 9.59 Å². The molecule has 5 nitrogen and oxygen atoms in total. The molecular formula is C13H12N2O3. The van der Waals surface area contributed by atoms with Crippen molar-refractivity contribution >= 4 is 11.7 Å². The van der Waals surface area contributed by atoms with E-state index in [0.29, 0.717) is 0 Å². The minimum atomic E-state index is -0.651. The normalized spacial score (nSPS) is 12.0. The first-order chi connectivity index (χ1) is 8.68. The fourth-order valence-corrected chi connectivity index (χ4v) is 1.74. The van der Waals surface area contributed by atoms with Crippen LogP contribution in [-0.4, -0.2) is 16.7 Å². The lowest BCUT2D eigenvalue weighted by Gasteiger charge is -2.12. The van der Waals surface area contributed by atoms with E-state index < -0.39 is 11.8 Å². The van der Waals surface area contributed by atoms with Gasteiger partial charge in [-0.1, -0.05) is 30.3 Å². The van der Waals surface area contributed by atoms with Gasteiger partial charge in [0.15, 0.2) is 0 Å². The highest BCUT2D eigenvalue weighted by Gasteiger charge is 2.26. The van der Waals surface area contributed by atoms with Gasteiger partial charge in [-0.15, -0.1) is 0 Å². The van der Waals surface area contributed by atoms with Gasteiger partial charge in [0.2, 0.25) is 11.7 Å². The number of nitrogens with two attached hydrogens (primary N) is 1. The molecule has 2 aromatic rings. The standard InChI is InChI=1S/C13H12N2O3/c14-11(16)8-10(9-4-2-1-3-5-9)12(17)13-15-6-7-18-13/h1-7,10H,8H2,(H2,14,16)/t10-/m0/s1. The summed E-state index contributed by atoms with van der Waals surface area (Å²) in [5.41, 5.74) is 5.90. The molecule has 0 fully saturated rings. The highest BCUT2D eigenvalue weighted by molar-refractivity contribution is 5.99. The molecule has 1 heterocycles. The van der Waals surface area contributed by atoms with E-state index in [4.69, 9.17) is 10.2 Å². The second kappa shape index (κ2) is 5.27. The summed E-state index contributed by atoms with van der Waals surface area (Å²) in [6.45, 7) is 0. The van der Waals surface area contributed by atoms with E-state index in [1.54, 1.807) is 24.3 Å². The van der Waals surface area contributed by atoms with Crippen molar-refractivity contribution in [2.75, 3.05) is 0 Å². The molecule has 0 radical (unpaired) electrons. The van der Waals surface area contributed by atoms with Crippen LogP contribution < -0.4 is 5.73 Å². The number of benzene rings is 1. The molecule has 18 heavy (non-hydrogen) atoms. The Morgan fingerprint density at radius 1 is 1.28 bits per heavy atom. The summed E-state index contributed by atoms with van der Waals surface area (Å²) in [7, 11) is 0. The van der Waals surface area contributed by atoms with Gasteiger partial charge in [0.05, 0.1) is 12.1 Å². The average Bonchev–Trinajstić information content (AvgIpc) is 2.90. The molecule has 0 aliphatic heterocycles. The van der Waals surface area contributed by atoms with Gasteiger partial charge in [0.25, 0.3) is 5.89 Å². The summed E-state index contributed by atoms with van der Waals surface area (Å²) in [5, 5.41) is 0. The SMILES string of the molecule is NC(=O)C[C@H](C(=O)c1ncco1)c1ccccc1. The molecule has 0 spiro atoms. The summed E-state index contributed by atoms with van der Waals surface area (Å²) in [6.07, 6.45) is 2.64. The van der Waals surface area contributed by atoms with Crippen LogP contribution in [0.2, 0.25) is 0 Å². The number of rotatable bonds is 5. The van der Waals surface area contributed by atoms with Crippen LogP contribution in [0.25, 0.3) is 0 Å². The predicted molar refractivity (Wildman–Crippen MR) is 63.8 cm³/mol. The number of hydrogen-bond donors (Lipinski definition) is 1. The van der Waals surface area contributed by atoms with Crippen LogP contribution in [0.1, 0.15) is 28.6 Å². The average molecular weight is 244 g/mol. The second-order valence-corrected chi connectivity index (χ2v) is 3.84. The zero-order valence-electron chi connectivity index (χ0n) is 9.58. The number of ketones is 1. The van der Waals surface area contributed by atoms with Gasteiger partial charge in [0, 0.05) is 6.42 Å². The summed E-state index contributed by atoms with van der Waals surface area (Å²) >= 11 is 0. The molecule has 0 unspecified atom stereocenters. The number of oxazole rings is 1. The molecule has 1 aromatic heterocycles. The highest BCUT2D eigenvalue weighted by atomic mass is 16.3.